The average Bonchev–Trinajstić information content (AvgIpc) is 3.16. The van der Waals surface area contributed by atoms with Crippen LogP contribution >= 0.6 is 22.9 Å². The number of thiophene rings is 1. The largest absolute Gasteiger partial charge is 0.462 e. The third-order valence-electron chi connectivity index (χ3n) is 4.09. The van der Waals surface area contributed by atoms with Crippen molar-refractivity contribution in [3.05, 3.63) is 75.9 Å². The molecule has 0 aliphatic carbocycles. The van der Waals surface area contributed by atoms with Crippen LogP contribution in [-0.4, -0.2) is 31.1 Å². The zero-order valence-electron chi connectivity index (χ0n) is 16.3. The van der Waals surface area contributed by atoms with Gasteiger partial charge in [-0.2, -0.15) is 0 Å². The molecule has 0 aliphatic heterocycles. The number of hydrogen-bond acceptors (Lipinski definition) is 6. The van der Waals surface area contributed by atoms with Gasteiger partial charge in [-0.1, -0.05) is 23.7 Å². The number of nitrogens with one attached hydrogen (secondary N) is 1. The second kappa shape index (κ2) is 10.2. The summed E-state index contributed by atoms with van der Waals surface area (Å²) in [4.78, 5) is 36.8. The SMILES string of the molecule is CCOC(=O)c1c(-c2ccc(Cl)cc2)csc1NC(=O)COC(=O)c1ccc(F)cc1. The Morgan fingerprint density at radius 2 is 1.68 bits per heavy atom. The van der Waals surface area contributed by atoms with Crippen molar-refractivity contribution in [3.63, 3.8) is 0 Å². The number of anilines is 1. The zero-order valence-corrected chi connectivity index (χ0v) is 17.9. The first-order chi connectivity index (χ1) is 14.9. The van der Waals surface area contributed by atoms with Crippen molar-refractivity contribution >= 4 is 45.8 Å². The molecule has 9 heteroatoms. The Morgan fingerprint density at radius 1 is 1.00 bits per heavy atom. The first-order valence-corrected chi connectivity index (χ1v) is 10.4. The summed E-state index contributed by atoms with van der Waals surface area (Å²) in [6.45, 7) is 1.27. The highest BCUT2D eigenvalue weighted by Crippen LogP contribution is 2.36. The quantitative estimate of drug-likeness (QED) is 0.490. The second-order valence-electron chi connectivity index (χ2n) is 6.21. The van der Waals surface area contributed by atoms with Crippen molar-refractivity contribution in [1.82, 2.24) is 0 Å². The molecule has 0 spiro atoms. The van der Waals surface area contributed by atoms with Crippen LogP contribution in [0, 0.1) is 5.82 Å². The summed E-state index contributed by atoms with van der Waals surface area (Å²) in [6, 6.07) is 11.6. The van der Waals surface area contributed by atoms with Gasteiger partial charge in [0.15, 0.2) is 6.61 Å². The van der Waals surface area contributed by atoms with Gasteiger partial charge in [0, 0.05) is 16.0 Å². The molecule has 0 saturated heterocycles. The number of amides is 1. The number of halogens is 2. The van der Waals surface area contributed by atoms with Gasteiger partial charge < -0.3 is 14.8 Å². The molecular formula is C22H17ClFNO5S. The maximum atomic E-state index is 12.9. The van der Waals surface area contributed by atoms with Gasteiger partial charge in [0.05, 0.1) is 12.2 Å². The molecule has 31 heavy (non-hydrogen) atoms. The molecule has 0 saturated carbocycles. The van der Waals surface area contributed by atoms with E-state index in [0.29, 0.717) is 10.6 Å². The van der Waals surface area contributed by atoms with E-state index in [-0.39, 0.29) is 22.7 Å². The topological polar surface area (TPSA) is 81.7 Å². The van der Waals surface area contributed by atoms with E-state index in [1.54, 1.807) is 36.6 Å². The Kier molecular flexibility index (Phi) is 7.38. The molecule has 1 amide bonds. The minimum Gasteiger partial charge on any atom is -0.462 e. The maximum Gasteiger partial charge on any atom is 0.341 e. The fraction of sp³-hybridized carbons (Fsp3) is 0.136. The van der Waals surface area contributed by atoms with Crippen LogP contribution < -0.4 is 5.32 Å². The zero-order chi connectivity index (χ0) is 22.4. The van der Waals surface area contributed by atoms with Crippen LogP contribution in [0.5, 0.6) is 0 Å². The van der Waals surface area contributed by atoms with Crippen LogP contribution in [0.25, 0.3) is 11.1 Å². The summed E-state index contributed by atoms with van der Waals surface area (Å²) in [7, 11) is 0. The highest BCUT2D eigenvalue weighted by Gasteiger charge is 2.23. The molecule has 0 atom stereocenters. The molecule has 0 radical (unpaired) electrons. The standard InChI is InChI=1S/C22H17ClFNO5S/c1-2-29-22(28)19-17(13-3-7-15(23)8-4-13)12-31-20(19)25-18(26)11-30-21(27)14-5-9-16(24)10-6-14/h3-10,12H,2,11H2,1H3,(H,25,26). The van der Waals surface area contributed by atoms with Crippen LogP contribution in [0.1, 0.15) is 27.6 Å². The lowest BCUT2D eigenvalue weighted by molar-refractivity contribution is -0.119. The van der Waals surface area contributed by atoms with Crippen molar-refractivity contribution in [2.24, 2.45) is 0 Å². The Hall–Kier alpha value is -3.23. The second-order valence-corrected chi connectivity index (χ2v) is 7.53. The normalized spacial score (nSPS) is 10.4. The predicted octanol–water partition coefficient (Wildman–Crippen LogP) is 5.18. The van der Waals surface area contributed by atoms with E-state index < -0.39 is 30.3 Å². The van der Waals surface area contributed by atoms with E-state index in [4.69, 9.17) is 21.1 Å². The molecule has 0 bridgehead atoms. The first kappa shape index (κ1) is 22.5. The minimum absolute atomic E-state index is 0.113. The molecule has 2 aromatic carbocycles. The molecule has 0 fully saturated rings. The number of hydrogen-bond donors (Lipinski definition) is 1. The lowest BCUT2D eigenvalue weighted by Gasteiger charge is -2.09. The number of rotatable bonds is 7. The van der Waals surface area contributed by atoms with Gasteiger partial charge in [-0.25, -0.2) is 14.0 Å². The molecule has 1 N–H and O–H groups in total. The summed E-state index contributed by atoms with van der Waals surface area (Å²) in [6.07, 6.45) is 0. The Morgan fingerprint density at radius 3 is 2.32 bits per heavy atom. The predicted molar refractivity (Wildman–Crippen MR) is 116 cm³/mol. The highest BCUT2D eigenvalue weighted by molar-refractivity contribution is 7.15. The van der Waals surface area contributed by atoms with Crippen LogP contribution in [0.3, 0.4) is 0 Å². The fourth-order valence-electron chi connectivity index (χ4n) is 2.66. The van der Waals surface area contributed by atoms with Crippen LogP contribution in [-0.2, 0) is 14.3 Å². The summed E-state index contributed by atoms with van der Waals surface area (Å²) in [5.41, 5.74) is 1.63. The monoisotopic (exact) mass is 461 g/mol. The van der Waals surface area contributed by atoms with Gasteiger partial charge >= 0.3 is 11.9 Å². The molecule has 6 nitrogen and oxygen atoms in total. The number of carbonyl (C=O) groups excluding carboxylic acids is 3. The van der Waals surface area contributed by atoms with Crippen molar-refractivity contribution in [2.45, 2.75) is 6.92 Å². The average molecular weight is 462 g/mol. The molecule has 3 rings (SSSR count). The van der Waals surface area contributed by atoms with Crippen LogP contribution in [0.15, 0.2) is 53.9 Å². The molecular weight excluding hydrogens is 445 g/mol. The van der Waals surface area contributed by atoms with E-state index in [2.05, 4.69) is 5.32 Å². The van der Waals surface area contributed by atoms with E-state index in [9.17, 15) is 18.8 Å². The molecule has 160 valence electrons. The van der Waals surface area contributed by atoms with Gasteiger partial charge in [0.25, 0.3) is 5.91 Å². The number of carbonyl (C=O) groups is 3. The lowest BCUT2D eigenvalue weighted by atomic mass is 10.0. The van der Waals surface area contributed by atoms with Gasteiger partial charge in [-0.3, -0.25) is 4.79 Å². The molecule has 1 heterocycles. The first-order valence-electron chi connectivity index (χ1n) is 9.16. The van der Waals surface area contributed by atoms with E-state index >= 15 is 0 Å². The number of esters is 2. The van der Waals surface area contributed by atoms with E-state index in [1.807, 2.05) is 0 Å². The smallest absolute Gasteiger partial charge is 0.341 e. The van der Waals surface area contributed by atoms with Gasteiger partial charge in [-0.15, -0.1) is 11.3 Å². The number of benzene rings is 2. The van der Waals surface area contributed by atoms with Gasteiger partial charge in [0.2, 0.25) is 0 Å². The van der Waals surface area contributed by atoms with Crippen molar-refractivity contribution < 1.29 is 28.2 Å². The van der Waals surface area contributed by atoms with Crippen LogP contribution in [0.4, 0.5) is 9.39 Å². The highest BCUT2D eigenvalue weighted by atomic mass is 35.5. The van der Waals surface area contributed by atoms with Crippen LogP contribution in [0.2, 0.25) is 5.02 Å². The van der Waals surface area contributed by atoms with Gasteiger partial charge in [-0.05, 0) is 48.9 Å². The minimum atomic E-state index is -0.770. The summed E-state index contributed by atoms with van der Waals surface area (Å²) in [5.74, 6) is -2.48. The van der Waals surface area contributed by atoms with E-state index in [1.165, 1.54) is 12.1 Å². The Bertz CT molecular complexity index is 1100. The Balaban J connectivity index is 1.74. The lowest BCUT2D eigenvalue weighted by Crippen LogP contribution is -2.21. The third-order valence-corrected chi connectivity index (χ3v) is 5.24. The van der Waals surface area contributed by atoms with Crippen molar-refractivity contribution in [2.75, 3.05) is 18.5 Å². The third kappa shape index (κ3) is 5.68. The summed E-state index contributed by atoms with van der Waals surface area (Å²) >= 11 is 7.07. The molecule has 0 unspecified atom stereocenters. The maximum absolute atomic E-state index is 12.9. The Labute approximate surface area is 186 Å². The van der Waals surface area contributed by atoms with Crippen molar-refractivity contribution in [1.29, 1.82) is 0 Å². The van der Waals surface area contributed by atoms with Gasteiger partial charge in [0.1, 0.15) is 16.4 Å². The fourth-order valence-corrected chi connectivity index (χ4v) is 3.76. The summed E-state index contributed by atoms with van der Waals surface area (Å²) < 4.78 is 23.0. The van der Waals surface area contributed by atoms with Crippen molar-refractivity contribution in [3.8, 4) is 11.1 Å². The summed E-state index contributed by atoms with van der Waals surface area (Å²) in [5, 5.41) is 5.12. The van der Waals surface area contributed by atoms with E-state index in [0.717, 1.165) is 29.0 Å². The molecule has 1 aromatic heterocycles. The number of ether oxygens (including phenoxy) is 2. The molecule has 3 aromatic rings. The molecule has 0 aliphatic rings.